The summed E-state index contributed by atoms with van der Waals surface area (Å²) in [6.45, 7) is 7.14. The molecule has 5 heterocycles. The second kappa shape index (κ2) is 23.2. The van der Waals surface area contributed by atoms with E-state index in [2.05, 4.69) is 0 Å². The van der Waals surface area contributed by atoms with Crippen LogP contribution in [0.4, 0.5) is 17.6 Å². The molecule has 0 unspecified atom stereocenters. The topological polar surface area (TPSA) is 252 Å². The van der Waals surface area contributed by atoms with Crippen molar-refractivity contribution in [3.8, 4) is 0 Å². The van der Waals surface area contributed by atoms with E-state index in [0.717, 1.165) is 82.8 Å². The lowest BCUT2D eigenvalue weighted by Gasteiger charge is -2.00. The Balaban J connectivity index is 0.000000149. The van der Waals surface area contributed by atoms with Crippen LogP contribution in [0.15, 0.2) is 126 Å². The number of carboxylic acid groups (broad SMARTS) is 5. The Kier molecular flexibility index (Phi) is 16.9. The SMILES string of the molecule is Cc1ccc2c(CC(=O)O)coc2c1.Cc1ccc2occ(CC(=O)O)c2c1.Cc1cccc2occ(CC(=O)O)c12.Cc1oc2c(F)c(F)c(F)c(F)c2c1CC(=O)O.O=C(O)Cc1coc2ccccc12. The number of aryl methyl sites for hydroxylation is 4. The summed E-state index contributed by atoms with van der Waals surface area (Å²) in [5.41, 5.74) is 8.13. The number of rotatable bonds is 10. The van der Waals surface area contributed by atoms with Gasteiger partial charge in [-0.1, -0.05) is 54.1 Å². The van der Waals surface area contributed by atoms with Gasteiger partial charge in [-0.3, -0.25) is 24.0 Å². The van der Waals surface area contributed by atoms with Gasteiger partial charge in [0, 0.05) is 49.4 Å². The van der Waals surface area contributed by atoms with Gasteiger partial charge in [0.25, 0.3) is 0 Å². The Morgan fingerprint density at radius 1 is 0.425 bits per heavy atom. The maximum atomic E-state index is 13.5. The van der Waals surface area contributed by atoms with Gasteiger partial charge in [-0.25, -0.2) is 13.2 Å². The molecule has 5 aromatic heterocycles. The molecular formula is C54H44F4O15. The molecule has 0 saturated carbocycles. The maximum Gasteiger partial charge on any atom is 0.307 e. The third-order valence-corrected chi connectivity index (χ3v) is 11.0. The Hall–Kier alpha value is -9.13. The van der Waals surface area contributed by atoms with Crippen molar-refractivity contribution in [3.63, 3.8) is 0 Å². The highest BCUT2D eigenvalue weighted by Crippen LogP contribution is 2.34. The van der Waals surface area contributed by atoms with E-state index in [1.807, 2.05) is 99.6 Å². The van der Waals surface area contributed by atoms with Gasteiger partial charge in [-0.05, 0) is 69.2 Å². The summed E-state index contributed by atoms with van der Waals surface area (Å²) in [5, 5.41) is 46.2. The van der Waals surface area contributed by atoms with Gasteiger partial charge in [0.05, 0.1) is 62.5 Å². The van der Waals surface area contributed by atoms with Crippen LogP contribution >= 0.6 is 0 Å². The summed E-state index contributed by atoms with van der Waals surface area (Å²) in [6, 6.07) is 24.6. The zero-order valence-corrected chi connectivity index (χ0v) is 39.2. The second-order valence-electron chi connectivity index (χ2n) is 16.4. The Morgan fingerprint density at radius 3 is 1.48 bits per heavy atom. The van der Waals surface area contributed by atoms with Crippen molar-refractivity contribution >= 4 is 84.7 Å². The molecule has 10 aromatic rings. The second-order valence-corrected chi connectivity index (χ2v) is 16.4. The first-order valence-corrected chi connectivity index (χ1v) is 21.8. The van der Waals surface area contributed by atoms with Crippen LogP contribution < -0.4 is 0 Å². The van der Waals surface area contributed by atoms with Crippen LogP contribution in [0.1, 0.15) is 50.3 Å². The molecule has 0 saturated heterocycles. The monoisotopic (exact) mass is 1010 g/mol. The molecule has 0 bridgehead atoms. The van der Waals surface area contributed by atoms with E-state index in [0.29, 0.717) is 0 Å². The molecule has 15 nitrogen and oxygen atoms in total. The third kappa shape index (κ3) is 13.0. The molecular weight excluding hydrogens is 965 g/mol. The predicted molar refractivity (Wildman–Crippen MR) is 257 cm³/mol. The van der Waals surface area contributed by atoms with Gasteiger partial charge in [0.2, 0.25) is 11.6 Å². The number of halogens is 4. The summed E-state index contributed by atoms with van der Waals surface area (Å²) in [6.07, 6.45) is 5.41. The van der Waals surface area contributed by atoms with Gasteiger partial charge in [0.15, 0.2) is 17.2 Å². The first-order valence-electron chi connectivity index (χ1n) is 21.8. The zero-order chi connectivity index (χ0) is 53.3. The molecule has 0 spiro atoms. The van der Waals surface area contributed by atoms with Gasteiger partial charge in [-0.2, -0.15) is 4.39 Å². The fourth-order valence-electron chi connectivity index (χ4n) is 7.69. The standard InChI is InChI=1S/C11H6F4O3.3C11H10O3.C10H8O3/c1-3-4(2-5(16)17)6-7(12)8(13)9(14)10(15)11(6)18-3;1-7-2-3-10-9(4-7)8(6-14-10)5-11(12)13;1-7-2-3-9-8(5-11(12)13)6-14-10(9)4-7;1-7-3-2-4-9-11(7)8(6-14-9)5-10(12)13;11-10(12)5-7-6-13-9-4-2-1-3-8(7)9/h2H2,1H3,(H,16,17);3*2-4,6H,5H2,1H3,(H,12,13);1-4,6H,5H2,(H,11,12). The highest BCUT2D eigenvalue weighted by molar-refractivity contribution is 5.90. The molecule has 5 N–H and O–H groups in total. The molecule has 0 atom stereocenters. The van der Waals surface area contributed by atoms with Crippen molar-refractivity contribution < 1.29 is 89.2 Å². The summed E-state index contributed by atoms with van der Waals surface area (Å²) < 4.78 is 78.6. The number of benzene rings is 5. The Morgan fingerprint density at radius 2 is 0.877 bits per heavy atom. The minimum Gasteiger partial charge on any atom is -0.481 e. The highest BCUT2D eigenvalue weighted by Gasteiger charge is 2.28. The normalized spacial score (nSPS) is 10.7. The van der Waals surface area contributed by atoms with Crippen molar-refractivity contribution in [3.05, 3.63) is 177 Å². The maximum absolute atomic E-state index is 13.5. The van der Waals surface area contributed by atoms with E-state index >= 15 is 0 Å². The summed E-state index contributed by atoms with van der Waals surface area (Å²) in [4.78, 5) is 52.7. The molecule has 0 amide bonds. The van der Waals surface area contributed by atoms with E-state index in [-0.39, 0.29) is 37.0 Å². The molecule has 73 heavy (non-hydrogen) atoms. The van der Waals surface area contributed by atoms with E-state index < -0.39 is 70.5 Å². The van der Waals surface area contributed by atoms with Crippen LogP contribution in [0.3, 0.4) is 0 Å². The minimum absolute atomic E-state index is 0.00998. The number of hydrogen-bond donors (Lipinski definition) is 5. The number of carbonyl (C=O) groups is 5. The lowest BCUT2D eigenvalue weighted by molar-refractivity contribution is -0.137. The van der Waals surface area contributed by atoms with E-state index in [9.17, 15) is 41.5 Å². The number of aliphatic carboxylic acids is 5. The molecule has 0 aliphatic carbocycles. The van der Waals surface area contributed by atoms with Crippen molar-refractivity contribution in [1.82, 2.24) is 0 Å². The largest absolute Gasteiger partial charge is 0.481 e. The number of para-hydroxylation sites is 1. The first-order chi connectivity index (χ1) is 34.6. The molecule has 10 rings (SSSR count). The fraction of sp³-hybridized carbons (Fsp3) is 0.167. The number of furan rings is 5. The first kappa shape index (κ1) is 53.2. The van der Waals surface area contributed by atoms with Gasteiger partial charge in [0.1, 0.15) is 28.1 Å². The quantitative estimate of drug-likeness (QED) is 0.0485. The van der Waals surface area contributed by atoms with E-state index in [1.54, 1.807) is 0 Å². The van der Waals surface area contributed by atoms with Crippen molar-refractivity contribution in [2.45, 2.75) is 59.8 Å². The van der Waals surface area contributed by atoms with Crippen molar-refractivity contribution in [2.75, 3.05) is 0 Å². The highest BCUT2D eigenvalue weighted by atomic mass is 19.2. The predicted octanol–water partition coefficient (Wildman–Crippen LogP) is 12.1. The molecule has 5 aromatic carbocycles. The van der Waals surface area contributed by atoms with Crippen molar-refractivity contribution in [1.29, 1.82) is 0 Å². The van der Waals surface area contributed by atoms with Crippen LogP contribution in [-0.4, -0.2) is 55.4 Å². The average molecular weight is 1010 g/mol. The molecule has 0 radical (unpaired) electrons. The average Bonchev–Trinajstić information content (AvgIpc) is 4.17. The molecule has 0 aliphatic rings. The molecule has 19 heteroatoms. The number of fused-ring (bicyclic) bond motifs is 5. The minimum atomic E-state index is -1.99. The van der Waals surface area contributed by atoms with Crippen LogP contribution in [0.5, 0.6) is 0 Å². The fourth-order valence-corrected chi connectivity index (χ4v) is 7.69. The van der Waals surface area contributed by atoms with Crippen LogP contribution in [0.2, 0.25) is 0 Å². The van der Waals surface area contributed by atoms with Crippen LogP contribution in [0.25, 0.3) is 54.8 Å². The van der Waals surface area contributed by atoms with Crippen molar-refractivity contribution in [2.24, 2.45) is 0 Å². The Bertz CT molecular complexity index is 3660. The molecule has 0 aliphatic heterocycles. The van der Waals surface area contributed by atoms with Gasteiger partial charge >= 0.3 is 29.8 Å². The summed E-state index contributed by atoms with van der Waals surface area (Å²) in [7, 11) is 0. The smallest absolute Gasteiger partial charge is 0.307 e. The Labute approximate surface area is 410 Å². The van der Waals surface area contributed by atoms with E-state index in [4.69, 9.17) is 47.6 Å². The van der Waals surface area contributed by atoms with E-state index in [1.165, 1.54) is 32.0 Å². The lowest BCUT2D eigenvalue weighted by Crippen LogP contribution is -2.03. The molecule has 378 valence electrons. The van der Waals surface area contributed by atoms with Gasteiger partial charge < -0.3 is 47.6 Å². The number of hydrogen-bond acceptors (Lipinski definition) is 10. The van der Waals surface area contributed by atoms with Crippen LogP contribution in [-0.2, 0) is 56.1 Å². The van der Waals surface area contributed by atoms with Crippen LogP contribution in [0, 0.1) is 51.0 Å². The zero-order valence-electron chi connectivity index (χ0n) is 39.2. The van der Waals surface area contributed by atoms with Gasteiger partial charge in [-0.15, -0.1) is 0 Å². The molecule has 0 fully saturated rings. The number of carboxylic acids is 5. The summed E-state index contributed by atoms with van der Waals surface area (Å²) in [5.74, 6) is -12.1. The third-order valence-electron chi connectivity index (χ3n) is 11.0. The lowest BCUT2D eigenvalue weighted by atomic mass is 10.1. The summed E-state index contributed by atoms with van der Waals surface area (Å²) >= 11 is 0.